The highest BCUT2D eigenvalue weighted by Gasteiger charge is 2.21. The van der Waals surface area contributed by atoms with Crippen LogP contribution in [-0.4, -0.2) is 11.0 Å². The number of aryl methyl sites for hydroxylation is 1. The zero-order valence-corrected chi connectivity index (χ0v) is 12.5. The molecule has 0 fully saturated rings. The Morgan fingerprint density at radius 3 is 2.57 bits per heavy atom. The molecule has 1 aromatic heterocycles. The first-order valence-electron chi connectivity index (χ1n) is 6.85. The van der Waals surface area contributed by atoms with Crippen molar-refractivity contribution in [3.8, 4) is 5.75 Å². The van der Waals surface area contributed by atoms with Gasteiger partial charge in [-0.05, 0) is 25.5 Å². The normalized spacial score (nSPS) is 11.2. The lowest BCUT2D eigenvalue weighted by Crippen LogP contribution is -2.16. The molecule has 0 aliphatic rings. The topological polar surface area (TPSA) is 39.2 Å². The van der Waals surface area contributed by atoms with Crippen molar-refractivity contribution >= 4 is 16.9 Å². The van der Waals surface area contributed by atoms with Crippen molar-refractivity contribution in [2.45, 2.75) is 34.1 Å². The maximum Gasteiger partial charge on any atom is 0.313 e. The third kappa shape index (κ3) is 2.73. The maximum absolute atomic E-state index is 14.1. The van der Waals surface area contributed by atoms with Gasteiger partial charge in [0.05, 0.1) is 16.8 Å². The van der Waals surface area contributed by atoms with Crippen molar-refractivity contribution in [1.29, 1.82) is 0 Å². The number of halogens is 2. The lowest BCUT2D eigenvalue weighted by molar-refractivity contribution is -0.137. The molecular weight excluding hydrogens is 276 g/mol. The number of ether oxygens (including phenoxy) is 1. The van der Waals surface area contributed by atoms with Crippen molar-refractivity contribution in [3.05, 3.63) is 35.0 Å². The smallest absolute Gasteiger partial charge is 0.313 e. The highest BCUT2D eigenvalue weighted by molar-refractivity contribution is 5.90. The molecule has 0 N–H and O–H groups in total. The molecule has 0 unspecified atom stereocenters. The fraction of sp³-hybridized carbons (Fsp3) is 0.375. The lowest BCUT2D eigenvalue weighted by Gasteiger charge is -2.15. The molecule has 1 aromatic carbocycles. The van der Waals surface area contributed by atoms with E-state index in [0.717, 1.165) is 6.07 Å². The van der Waals surface area contributed by atoms with E-state index in [1.54, 1.807) is 20.8 Å². The molecule has 0 aliphatic carbocycles. The van der Waals surface area contributed by atoms with Gasteiger partial charge in [0.25, 0.3) is 0 Å². The van der Waals surface area contributed by atoms with Crippen LogP contribution in [0.4, 0.5) is 8.78 Å². The van der Waals surface area contributed by atoms with Crippen LogP contribution in [-0.2, 0) is 11.2 Å². The zero-order valence-electron chi connectivity index (χ0n) is 12.5. The Morgan fingerprint density at radius 2 is 2.00 bits per heavy atom. The van der Waals surface area contributed by atoms with Crippen molar-refractivity contribution in [2.75, 3.05) is 0 Å². The first-order valence-corrected chi connectivity index (χ1v) is 6.85. The number of fused-ring (bicyclic) bond motifs is 1. The van der Waals surface area contributed by atoms with Gasteiger partial charge in [0, 0.05) is 11.3 Å². The molecule has 3 nitrogen and oxygen atoms in total. The summed E-state index contributed by atoms with van der Waals surface area (Å²) in [5.41, 5.74) is 1.53. The number of hydrogen-bond acceptors (Lipinski definition) is 3. The van der Waals surface area contributed by atoms with Gasteiger partial charge in [-0.15, -0.1) is 0 Å². The molecule has 21 heavy (non-hydrogen) atoms. The first kappa shape index (κ1) is 15.4. The number of aromatic nitrogens is 1. The zero-order chi connectivity index (χ0) is 15.7. The average molecular weight is 293 g/mol. The first-order chi connectivity index (χ1) is 9.86. The number of benzene rings is 1. The minimum absolute atomic E-state index is 0.0625. The van der Waals surface area contributed by atoms with Gasteiger partial charge in [-0.1, -0.05) is 20.8 Å². The van der Waals surface area contributed by atoms with Crippen molar-refractivity contribution in [3.63, 3.8) is 0 Å². The van der Waals surface area contributed by atoms with Gasteiger partial charge in [0.1, 0.15) is 5.75 Å². The molecule has 0 bridgehead atoms. The van der Waals surface area contributed by atoms with Gasteiger partial charge in [0.15, 0.2) is 11.6 Å². The summed E-state index contributed by atoms with van der Waals surface area (Å²) in [5, 5.41) is -0.0845. The van der Waals surface area contributed by atoms with Gasteiger partial charge >= 0.3 is 5.97 Å². The third-order valence-electron chi connectivity index (χ3n) is 3.34. The van der Waals surface area contributed by atoms with Gasteiger partial charge in [-0.25, -0.2) is 8.78 Å². The van der Waals surface area contributed by atoms with E-state index in [2.05, 4.69) is 4.98 Å². The Bertz CT molecular complexity index is 711. The van der Waals surface area contributed by atoms with E-state index in [4.69, 9.17) is 4.74 Å². The fourth-order valence-electron chi connectivity index (χ4n) is 2.09. The van der Waals surface area contributed by atoms with E-state index >= 15 is 0 Å². The van der Waals surface area contributed by atoms with E-state index in [-0.39, 0.29) is 22.6 Å². The average Bonchev–Trinajstić information content (AvgIpc) is 2.45. The molecule has 5 heteroatoms. The quantitative estimate of drug-likeness (QED) is 0.804. The molecule has 0 aliphatic heterocycles. The van der Waals surface area contributed by atoms with E-state index in [1.165, 1.54) is 6.07 Å². The highest BCUT2D eigenvalue weighted by atomic mass is 19.2. The number of pyridine rings is 1. The number of carbonyl (C=O) groups is 1. The molecule has 1 heterocycles. The van der Waals surface area contributed by atoms with E-state index in [0.29, 0.717) is 17.7 Å². The monoisotopic (exact) mass is 293 g/mol. The summed E-state index contributed by atoms with van der Waals surface area (Å²) in [6, 6.07) is 2.41. The van der Waals surface area contributed by atoms with Gasteiger partial charge in [-0.3, -0.25) is 9.78 Å². The van der Waals surface area contributed by atoms with Crippen LogP contribution in [0.2, 0.25) is 0 Å². The molecule has 112 valence electrons. The van der Waals surface area contributed by atoms with Crippen LogP contribution >= 0.6 is 0 Å². The van der Waals surface area contributed by atoms with Crippen LogP contribution in [0.25, 0.3) is 10.9 Å². The molecule has 0 radical (unpaired) electrons. The largest absolute Gasteiger partial charge is 0.425 e. The molecule has 0 amide bonds. The van der Waals surface area contributed by atoms with Crippen molar-refractivity contribution < 1.29 is 18.3 Å². The van der Waals surface area contributed by atoms with E-state index < -0.39 is 17.6 Å². The van der Waals surface area contributed by atoms with Gasteiger partial charge in [0.2, 0.25) is 0 Å². The molecule has 0 saturated carbocycles. The Labute approximate surface area is 121 Å². The Balaban J connectivity index is 2.77. The summed E-state index contributed by atoms with van der Waals surface area (Å²) in [4.78, 5) is 16.2. The maximum atomic E-state index is 14.1. The van der Waals surface area contributed by atoms with Crippen LogP contribution in [0.1, 0.15) is 32.0 Å². The summed E-state index contributed by atoms with van der Waals surface area (Å²) in [6.07, 6.45) is 0.604. The lowest BCUT2D eigenvalue weighted by atomic mass is 10.1. The van der Waals surface area contributed by atoms with Crippen molar-refractivity contribution in [2.24, 2.45) is 5.92 Å². The molecule has 2 aromatic rings. The SMILES string of the molecule is CCc1nc2ccc(F)c(F)c2c(OC(=O)C(C)C)c1C. The molecule has 2 rings (SSSR count). The Kier molecular flexibility index (Phi) is 4.21. The number of rotatable bonds is 3. The van der Waals surface area contributed by atoms with Gasteiger partial charge < -0.3 is 4.74 Å². The predicted octanol–water partition coefficient (Wildman–Crippen LogP) is 3.95. The second-order valence-electron chi connectivity index (χ2n) is 5.20. The second-order valence-corrected chi connectivity index (χ2v) is 5.20. The highest BCUT2D eigenvalue weighted by Crippen LogP contribution is 2.34. The predicted molar refractivity (Wildman–Crippen MR) is 76.2 cm³/mol. The fourth-order valence-corrected chi connectivity index (χ4v) is 2.09. The van der Waals surface area contributed by atoms with Crippen LogP contribution in [0.5, 0.6) is 5.75 Å². The number of carbonyl (C=O) groups excluding carboxylic acids is 1. The molecular formula is C16H17F2NO2. The summed E-state index contributed by atoms with van der Waals surface area (Å²) < 4.78 is 32.9. The third-order valence-corrected chi connectivity index (χ3v) is 3.34. The summed E-state index contributed by atoms with van der Waals surface area (Å²) >= 11 is 0. The van der Waals surface area contributed by atoms with E-state index in [9.17, 15) is 13.6 Å². The van der Waals surface area contributed by atoms with Crippen LogP contribution in [0.3, 0.4) is 0 Å². The number of esters is 1. The van der Waals surface area contributed by atoms with Crippen LogP contribution in [0, 0.1) is 24.5 Å². The molecule has 0 atom stereocenters. The minimum atomic E-state index is -1.04. The van der Waals surface area contributed by atoms with Crippen LogP contribution < -0.4 is 4.74 Å². The summed E-state index contributed by atoms with van der Waals surface area (Å²) in [6.45, 7) is 6.95. The number of hydrogen-bond donors (Lipinski definition) is 0. The van der Waals surface area contributed by atoms with E-state index in [1.807, 2.05) is 6.92 Å². The molecule has 0 saturated heterocycles. The number of nitrogens with zero attached hydrogens (tertiary/aromatic N) is 1. The summed E-state index contributed by atoms with van der Waals surface area (Å²) in [7, 11) is 0. The summed E-state index contributed by atoms with van der Waals surface area (Å²) in [5.74, 6) is -2.83. The Morgan fingerprint density at radius 1 is 1.33 bits per heavy atom. The Hall–Kier alpha value is -2.04. The van der Waals surface area contributed by atoms with Crippen LogP contribution in [0.15, 0.2) is 12.1 Å². The second kappa shape index (κ2) is 5.76. The molecule has 0 spiro atoms. The minimum Gasteiger partial charge on any atom is -0.425 e. The van der Waals surface area contributed by atoms with Gasteiger partial charge in [-0.2, -0.15) is 0 Å². The standard InChI is InChI=1S/C16H17F2NO2/c1-5-11-9(4)15(21-16(20)8(2)3)13-12(19-11)7-6-10(17)14(13)18/h6-8H,5H2,1-4H3. The van der Waals surface area contributed by atoms with Crippen molar-refractivity contribution in [1.82, 2.24) is 4.98 Å².